The Morgan fingerprint density at radius 3 is 2.18 bits per heavy atom. The van der Waals surface area contributed by atoms with Crippen LogP contribution >= 0.6 is 0 Å². The standard InChI is InChI=1S/C14H19N3/c1-10-9-14(16-15-11(10)2)17-7-5-13(6-8-17)12-3-4-12/h9H,3-8H2,1-2H3. The summed E-state index contributed by atoms with van der Waals surface area (Å²) in [6.07, 6.45) is 5.17. The molecule has 2 fully saturated rings. The van der Waals surface area contributed by atoms with Crippen molar-refractivity contribution in [2.45, 2.75) is 39.5 Å². The van der Waals surface area contributed by atoms with Crippen molar-refractivity contribution in [2.75, 3.05) is 18.0 Å². The summed E-state index contributed by atoms with van der Waals surface area (Å²) in [6.45, 7) is 6.33. The van der Waals surface area contributed by atoms with Gasteiger partial charge < -0.3 is 4.90 Å². The molecule has 17 heavy (non-hydrogen) atoms. The topological polar surface area (TPSA) is 29.0 Å². The molecule has 0 N–H and O–H groups in total. The van der Waals surface area contributed by atoms with E-state index in [4.69, 9.17) is 0 Å². The molecule has 1 aliphatic carbocycles. The number of aromatic nitrogens is 2. The van der Waals surface area contributed by atoms with E-state index in [9.17, 15) is 0 Å². The third kappa shape index (κ3) is 2.19. The Morgan fingerprint density at radius 2 is 1.59 bits per heavy atom. The van der Waals surface area contributed by atoms with Gasteiger partial charge in [0.1, 0.15) is 0 Å². The zero-order valence-corrected chi connectivity index (χ0v) is 10.7. The smallest absolute Gasteiger partial charge is 0.151 e. The summed E-state index contributed by atoms with van der Waals surface area (Å²) in [5.74, 6) is 1.05. The van der Waals surface area contributed by atoms with E-state index in [-0.39, 0.29) is 0 Å². The summed E-state index contributed by atoms with van der Waals surface area (Å²) in [5.41, 5.74) is 5.72. The fourth-order valence-corrected chi connectivity index (χ4v) is 2.46. The first-order valence-corrected chi connectivity index (χ1v) is 6.49. The maximum absolute atomic E-state index is 4.31. The minimum atomic E-state index is 1.03. The number of rotatable bonds is 1. The Balaban J connectivity index is 1.73. The van der Waals surface area contributed by atoms with E-state index in [0.29, 0.717) is 0 Å². The summed E-state index contributed by atoms with van der Waals surface area (Å²) in [7, 11) is 0. The third-order valence-electron chi connectivity index (χ3n) is 3.91. The van der Waals surface area contributed by atoms with Gasteiger partial charge in [0.05, 0.1) is 5.69 Å². The molecule has 3 rings (SSSR count). The number of allylic oxidation sites excluding steroid dienone is 1. The molecule has 1 aliphatic heterocycles. The van der Waals surface area contributed by atoms with Crippen LogP contribution in [0.15, 0.2) is 17.2 Å². The van der Waals surface area contributed by atoms with Gasteiger partial charge in [0, 0.05) is 13.1 Å². The van der Waals surface area contributed by atoms with Gasteiger partial charge in [0.15, 0.2) is 5.82 Å². The van der Waals surface area contributed by atoms with Gasteiger partial charge >= 0.3 is 0 Å². The molecule has 3 heteroatoms. The van der Waals surface area contributed by atoms with Gasteiger partial charge in [0.2, 0.25) is 0 Å². The van der Waals surface area contributed by atoms with Crippen molar-refractivity contribution in [1.82, 2.24) is 10.2 Å². The third-order valence-corrected chi connectivity index (χ3v) is 3.91. The first-order valence-electron chi connectivity index (χ1n) is 6.49. The van der Waals surface area contributed by atoms with Crippen molar-refractivity contribution < 1.29 is 0 Å². The molecule has 0 unspecified atom stereocenters. The van der Waals surface area contributed by atoms with Crippen molar-refractivity contribution >= 4 is 5.82 Å². The van der Waals surface area contributed by atoms with Crippen LogP contribution in [-0.4, -0.2) is 23.3 Å². The van der Waals surface area contributed by atoms with Crippen molar-refractivity contribution in [1.29, 1.82) is 0 Å². The minimum absolute atomic E-state index is 1.03. The zero-order valence-electron chi connectivity index (χ0n) is 10.7. The Hall–Kier alpha value is -1.38. The van der Waals surface area contributed by atoms with Crippen LogP contribution in [0.3, 0.4) is 0 Å². The highest BCUT2D eigenvalue weighted by Gasteiger charge is 2.22. The lowest BCUT2D eigenvalue weighted by molar-refractivity contribution is 0.667. The quantitative estimate of drug-likeness (QED) is 0.693. The molecule has 2 heterocycles. The second-order valence-corrected chi connectivity index (χ2v) is 5.17. The average molecular weight is 229 g/mol. The lowest BCUT2D eigenvalue weighted by atomic mass is 10.0. The molecule has 1 aromatic rings. The molecule has 3 nitrogen and oxygen atoms in total. The van der Waals surface area contributed by atoms with E-state index < -0.39 is 0 Å². The summed E-state index contributed by atoms with van der Waals surface area (Å²) < 4.78 is 0. The molecular formula is C14H19N3. The Morgan fingerprint density at radius 1 is 0.941 bits per heavy atom. The fraction of sp³-hybridized carbons (Fsp3) is 0.571. The van der Waals surface area contributed by atoms with Crippen molar-refractivity contribution in [3.63, 3.8) is 0 Å². The van der Waals surface area contributed by atoms with Crippen LogP contribution in [0, 0.1) is 13.8 Å². The minimum Gasteiger partial charge on any atom is -0.354 e. The molecule has 0 radical (unpaired) electrons. The highest BCUT2D eigenvalue weighted by atomic mass is 15.3. The number of nitrogens with zero attached hydrogens (tertiary/aromatic N) is 3. The van der Waals surface area contributed by atoms with E-state index in [1.165, 1.54) is 31.2 Å². The van der Waals surface area contributed by atoms with Gasteiger partial charge in [-0.2, -0.15) is 5.10 Å². The highest BCUT2D eigenvalue weighted by Crippen LogP contribution is 2.36. The largest absolute Gasteiger partial charge is 0.354 e. The van der Waals surface area contributed by atoms with E-state index in [1.54, 1.807) is 11.1 Å². The van der Waals surface area contributed by atoms with Crippen LogP contribution in [0.1, 0.15) is 36.9 Å². The van der Waals surface area contributed by atoms with E-state index in [1.807, 2.05) is 6.92 Å². The van der Waals surface area contributed by atoms with Crippen LogP contribution < -0.4 is 4.90 Å². The predicted molar refractivity (Wildman–Crippen MR) is 69.2 cm³/mol. The maximum atomic E-state index is 4.31. The number of hydrogen-bond acceptors (Lipinski definition) is 3. The van der Waals surface area contributed by atoms with Gasteiger partial charge in [-0.15, -0.1) is 5.10 Å². The maximum Gasteiger partial charge on any atom is 0.151 e. The molecule has 2 aliphatic rings. The van der Waals surface area contributed by atoms with Crippen LogP contribution in [0.2, 0.25) is 0 Å². The molecule has 90 valence electrons. The Bertz CT molecular complexity index is 460. The van der Waals surface area contributed by atoms with Gasteiger partial charge in [-0.05, 0) is 51.2 Å². The highest BCUT2D eigenvalue weighted by molar-refractivity contribution is 5.43. The SMILES string of the molecule is Cc1cc(N2CCC(=C3CC3)CC2)nnc1C. The van der Waals surface area contributed by atoms with E-state index >= 15 is 0 Å². The molecule has 1 saturated heterocycles. The second kappa shape index (κ2) is 4.13. The summed E-state index contributed by atoms with van der Waals surface area (Å²) in [6, 6.07) is 2.16. The van der Waals surface area contributed by atoms with Crippen molar-refractivity contribution in [3.05, 3.63) is 28.5 Å². The van der Waals surface area contributed by atoms with Crippen LogP contribution in [0.25, 0.3) is 0 Å². The molecule has 0 spiro atoms. The van der Waals surface area contributed by atoms with Crippen LogP contribution in [-0.2, 0) is 0 Å². The van der Waals surface area contributed by atoms with Gasteiger partial charge in [-0.3, -0.25) is 0 Å². The lowest BCUT2D eigenvalue weighted by Gasteiger charge is -2.29. The summed E-state index contributed by atoms with van der Waals surface area (Å²) in [4.78, 5) is 2.37. The van der Waals surface area contributed by atoms with Crippen LogP contribution in [0.5, 0.6) is 0 Å². The first-order chi connectivity index (χ1) is 8.24. The molecule has 1 saturated carbocycles. The molecule has 1 aromatic heterocycles. The lowest BCUT2D eigenvalue weighted by Crippen LogP contribution is -2.31. The zero-order chi connectivity index (χ0) is 11.8. The number of piperidine rings is 1. The first kappa shape index (κ1) is 10.8. The van der Waals surface area contributed by atoms with Crippen molar-refractivity contribution in [3.8, 4) is 0 Å². The number of anilines is 1. The van der Waals surface area contributed by atoms with Crippen LogP contribution in [0.4, 0.5) is 5.82 Å². The van der Waals surface area contributed by atoms with Crippen molar-refractivity contribution in [2.24, 2.45) is 0 Å². The van der Waals surface area contributed by atoms with Gasteiger partial charge in [-0.1, -0.05) is 11.1 Å². The molecule has 0 atom stereocenters. The summed E-state index contributed by atoms with van der Waals surface area (Å²) >= 11 is 0. The average Bonchev–Trinajstić information content (AvgIpc) is 3.17. The molecule has 0 bridgehead atoms. The summed E-state index contributed by atoms with van der Waals surface area (Å²) in [5, 5.41) is 8.52. The Labute approximate surface area is 103 Å². The molecular weight excluding hydrogens is 210 g/mol. The normalized spacial score (nSPS) is 19.8. The van der Waals surface area contributed by atoms with E-state index in [0.717, 1.165) is 24.6 Å². The molecule has 0 amide bonds. The van der Waals surface area contributed by atoms with E-state index in [2.05, 4.69) is 28.1 Å². The Kier molecular flexibility index (Phi) is 2.61. The monoisotopic (exact) mass is 229 g/mol. The fourth-order valence-electron chi connectivity index (χ4n) is 2.46. The number of aryl methyl sites for hydroxylation is 2. The second-order valence-electron chi connectivity index (χ2n) is 5.17. The van der Waals surface area contributed by atoms with Gasteiger partial charge in [0.25, 0.3) is 0 Å². The number of hydrogen-bond donors (Lipinski definition) is 0. The molecule has 0 aromatic carbocycles. The predicted octanol–water partition coefficient (Wildman–Crippen LogP) is 2.78. The van der Waals surface area contributed by atoms with Gasteiger partial charge in [-0.25, -0.2) is 0 Å².